The minimum Gasteiger partial charge on any atom is -0.341 e. The number of benzene rings is 2. The third kappa shape index (κ3) is 1.58. The van der Waals surface area contributed by atoms with Gasteiger partial charge in [0.2, 0.25) is 0 Å². The van der Waals surface area contributed by atoms with Crippen molar-refractivity contribution in [1.29, 1.82) is 0 Å². The highest BCUT2D eigenvalue weighted by atomic mass is 16.1. The van der Waals surface area contributed by atoms with E-state index in [-0.39, 0.29) is 11.6 Å². The van der Waals surface area contributed by atoms with Gasteiger partial charge in [-0.1, -0.05) is 30.3 Å². The van der Waals surface area contributed by atoms with Gasteiger partial charge in [0.05, 0.1) is 16.6 Å². The SMILES string of the molecule is CC1Cc2c(n(C)c3ccccc23)-c2nc3ccccc3c(=O)n21. The molecular weight excluding hydrogens is 298 g/mol. The van der Waals surface area contributed by atoms with Gasteiger partial charge in [0.15, 0.2) is 5.82 Å². The Bertz CT molecular complexity index is 1180. The molecule has 0 saturated heterocycles. The first-order valence-corrected chi connectivity index (χ1v) is 8.25. The van der Waals surface area contributed by atoms with Crippen molar-refractivity contribution in [3.8, 4) is 11.5 Å². The lowest BCUT2D eigenvalue weighted by Crippen LogP contribution is -2.30. The maximum Gasteiger partial charge on any atom is 0.261 e. The Hall–Kier alpha value is -2.88. The summed E-state index contributed by atoms with van der Waals surface area (Å²) in [6.45, 7) is 2.10. The van der Waals surface area contributed by atoms with Crippen LogP contribution in [-0.2, 0) is 13.5 Å². The Labute approximate surface area is 139 Å². The van der Waals surface area contributed by atoms with Gasteiger partial charge in [-0.2, -0.15) is 0 Å². The number of para-hydroxylation sites is 2. The first-order chi connectivity index (χ1) is 11.7. The van der Waals surface area contributed by atoms with Gasteiger partial charge in [-0.15, -0.1) is 0 Å². The quantitative estimate of drug-likeness (QED) is 0.497. The van der Waals surface area contributed by atoms with E-state index in [1.807, 2.05) is 28.8 Å². The monoisotopic (exact) mass is 315 g/mol. The number of aryl methyl sites for hydroxylation is 1. The number of fused-ring (bicyclic) bond motifs is 6. The van der Waals surface area contributed by atoms with Gasteiger partial charge in [-0.3, -0.25) is 9.36 Å². The van der Waals surface area contributed by atoms with Gasteiger partial charge in [0.25, 0.3) is 5.56 Å². The van der Waals surface area contributed by atoms with E-state index in [2.05, 4.69) is 42.8 Å². The lowest BCUT2D eigenvalue weighted by atomic mass is 9.98. The van der Waals surface area contributed by atoms with Crippen molar-refractivity contribution in [1.82, 2.24) is 14.1 Å². The van der Waals surface area contributed by atoms with Crippen LogP contribution in [0.3, 0.4) is 0 Å². The topological polar surface area (TPSA) is 39.8 Å². The molecule has 0 fully saturated rings. The first kappa shape index (κ1) is 13.5. The van der Waals surface area contributed by atoms with Crippen LogP contribution in [0.15, 0.2) is 53.3 Å². The van der Waals surface area contributed by atoms with Crippen molar-refractivity contribution >= 4 is 21.8 Å². The lowest BCUT2D eigenvalue weighted by molar-refractivity contribution is 0.515. The third-order valence-electron chi connectivity index (χ3n) is 5.17. The van der Waals surface area contributed by atoms with E-state index in [9.17, 15) is 4.79 Å². The van der Waals surface area contributed by atoms with Gasteiger partial charge < -0.3 is 4.57 Å². The van der Waals surface area contributed by atoms with Crippen LogP contribution < -0.4 is 5.56 Å². The number of aromatic nitrogens is 3. The summed E-state index contributed by atoms with van der Waals surface area (Å²) in [6, 6.07) is 16.1. The third-order valence-corrected chi connectivity index (χ3v) is 5.17. The number of hydrogen-bond acceptors (Lipinski definition) is 2. The number of rotatable bonds is 0. The van der Waals surface area contributed by atoms with Crippen LogP contribution in [0.1, 0.15) is 18.5 Å². The molecule has 0 bridgehead atoms. The van der Waals surface area contributed by atoms with E-state index in [1.165, 1.54) is 16.5 Å². The van der Waals surface area contributed by atoms with Crippen LogP contribution in [0.4, 0.5) is 0 Å². The predicted octanol–water partition coefficient (Wildman–Crippen LogP) is 3.67. The molecule has 5 rings (SSSR count). The highest BCUT2D eigenvalue weighted by Crippen LogP contribution is 2.38. The number of nitrogens with zero attached hydrogens (tertiary/aromatic N) is 3. The minimum atomic E-state index is 0.0546. The first-order valence-electron chi connectivity index (χ1n) is 8.25. The van der Waals surface area contributed by atoms with E-state index in [4.69, 9.17) is 4.98 Å². The molecule has 2 aromatic carbocycles. The molecule has 1 atom stereocenters. The zero-order chi connectivity index (χ0) is 16.4. The molecule has 24 heavy (non-hydrogen) atoms. The summed E-state index contributed by atoms with van der Waals surface area (Å²) in [5.74, 6) is 0.783. The molecule has 0 spiro atoms. The van der Waals surface area contributed by atoms with Crippen LogP contribution >= 0.6 is 0 Å². The zero-order valence-electron chi connectivity index (χ0n) is 13.7. The van der Waals surface area contributed by atoms with Crippen LogP contribution in [0.25, 0.3) is 33.3 Å². The molecule has 0 radical (unpaired) electrons. The fourth-order valence-corrected chi connectivity index (χ4v) is 4.07. The summed E-state index contributed by atoms with van der Waals surface area (Å²) in [7, 11) is 2.06. The molecule has 1 unspecified atom stereocenters. The van der Waals surface area contributed by atoms with E-state index >= 15 is 0 Å². The van der Waals surface area contributed by atoms with Crippen molar-refractivity contribution < 1.29 is 0 Å². The molecule has 3 heterocycles. The van der Waals surface area contributed by atoms with E-state index in [0.29, 0.717) is 5.39 Å². The molecule has 4 nitrogen and oxygen atoms in total. The zero-order valence-corrected chi connectivity index (χ0v) is 13.7. The van der Waals surface area contributed by atoms with Crippen LogP contribution in [0.2, 0.25) is 0 Å². The summed E-state index contributed by atoms with van der Waals surface area (Å²) in [5, 5.41) is 1.95. The van der Waals surface area contributed by atoms with Crippen LogP contribution in [-0.4, -0.2) is 14.1 Å². The average molecular weight is 315 g/mol. The van der Waals surface area contributed by atoms with Crippen molar-refractivity contribution in [2.24, 2.45) is 7.05 Å². The second kappa shape index (κ2) is 4.57. The molecule has 0 aliphatic carbocycles. The molecule has 4 aromatic rings. The Morgan fingerprint density at radius 1 is 1.04 bits per heavy atom. The van der Waals surface area contributed by atoms with E-state index in [0.717, 1.165) is 23.5 Å². The fourth-order valence-electron chi connectivity index (χ4n) is 4.07. The second-order valence-electron chi connectivity index (χ2n) is 6.58. The molecule has 0 N–H and O–H groups in total. The molecule has 0 amide bonds. The highest BCUT2D eigenvalue weighted by molar-refractivity contribution is 5.92. The summed E-state index contributed by atoms with van der Waals surface area (Å²) in [5.41, 5.74) is 4.36. The molecule has 4 heteroatoms. The molecule has 1 aliphatic heterocycles. The summed E-state index contributed by atoms with van der Waals surface area (Å²) in [6.07, 6.45) is 0.851. The molecule has 0 saturated carbocycles. The molecular formula is C20H17N3O. The molecule has 2 aromatic heterocycles. The maximum atomic E-state index is 13.0. The maximum absolute atomic E-state index is 13.0. The van der Waals surface area contributed by atoms with Gasteiger partial charge in [0, 0.05) is 24.0 Å². The average Bonchev–Trinajstić information content (AvgIpc) is 2.88. The van der Waals surface area contributed by atoms with Crippen molar-refractivity contribution in [2.45, 2.75) is 19.4 Å². The summed E-state index contributed by atoms with van der Waals surface area (Å²) >= 11 is 0. The molecule has 118 valence electrons. The standard InChI is InChI=1S/C20H17N3O/c1-12-11-15-13-7-4-6-10-17(13)22(2)18(15)19-21-16-9-5-3-8-14(16)20(24)23(12)19/h3-10,12H,11H2,1-2H3. The second-order valence-corrected chi connectivity index (χ2v) is 6.58. The predicted molar refractivity (Wildman–Crippen MR) is 96.3 cm³/mol. The number of hydrogen-bond donors (Lipinski definition) is 0. The van der Waals surface area contributed by atoms with Gasteiger partial charge in [0.1, 0.15) is 0 Å². The van der Waals surface area contributed by atoms with Crippen molar-refractivity contribution in [3.63, 3.8) is 0 Å². The Kier molecular flexibility index (Phi) is 2.58. The summed E-state index contributed by atoms with van der Waals surface area (Å²) < 4.78 is 4.03. The Morgan fingerprint density at radius 3 is 2.58 bits per heavy atom. The Balaban J connectivity index is 1.99. The van der Waals surface area contributed by atoms with Crippen LogP contribution in [0, 0.1) is 0 Å². The van der Waals surface area contributed by atoms with Gasteiger partial charge in [-0.05, 0) is 37.1 Å². The van der Waals surface area contributed by atoms with Crippen molar-refractivity contribution in [3.05, 3.63) is 64.4 Å². The fraction of sp³-hybridized carbons (Fsp3) is 0.200. The largest absolute Gasteiger partial charge is 0.341 e. The highest BCUT2D eigenvalue weighted by Gasteiger charge is 2.29. The Morgan fingerprint density at radius 2 is 1.75 bits per heavy atom. The van der Waals surface area contributed by atoms with E-state index in [1.54, 1.807) is 0 Å². The minimum absolute atomic E-state index is 0.0546. The smallest absolute Gasteiger partial charge is 0.261 e. The van der Waals surface area contributed by atoms with Crippen LogP contribution in [0.5, 0.6) is 0 Å². The van der Waals surface area contributed by atoms with Crippen molar-refractivity contribution in [2.75, 3.05) is 0 Å². The van der Waals surface area contributed by atoms with Gasteiger partial charge >= 0.3 is 0 Å². The normalized spacial score (nSPS) is 16.3. The van der Waals surface area contributed by atoms with Gasteiger partial charge in [-0.25, -0.2) is 4.98 Å². The molecule has 1 aliphatic rings. The van der Waals surface area contributed by atoms with E-state index < -0.39 is 0 Å². The summed E-state index contributed by atoms with van der Waals surface area (Å²) in [4.78, 5) is 17.9. The lowest BCUT2D eigenvalue weighted by Gasteiger charge is -2.26.